The molecule has 2 rings (SSSR count). The highest BCUT2D eigenvalue weighted by Crippen LogP contribution is 2.29. The zero-order valence-corrected chi connectivity index (χ0v) is 10.9. The second-order valence-corrected chi connectivity index (χ2v) is 4.29. The van der Waals surface area contributed by atoms with Crippen molar-refractivity contribution in [3.05, 3.63) is 46.3 Å². The van der Waals surface area contributed by atoms with Gasteiger partial charge >= 0.3 is 0 Å². The summed E-state index contributed by atoms with van der Waals surface area (Å²) in [5.74, 6) is 0.536. The van der Waals surface area contributed by atoms with E-state index in [0.29, 0.717) is 15.9 Å². The molecule has 88 valence electrons. The molecule has 1 heterocycles. The van der Waals surface area contributed by atoms with Crippen LogP contribution in [0, 0.1) is 5.82 Å². The Kier molecular flexibility index (Phi) is 3.91. The Labute approximate surface area is 111 Å². The van der Waals surface area contributed by atoms with E-state index in [2.05, 4.69) is 26.1 Å². The van der Waals surface area contributed by atoms with Crippen LogP contribution in [0.4, 0.5) is 4.39 Å². The highest BCUT2D eigenvalue weighted by atomic mass is 79.9. The molecule has 0 radical (unpaired) electrons. The Bertz CT molecular complexity index is 521. The van der Waals surface area contributed by atoms with Crippen LogP contribution in [0.2, 0.25) is 0 Å². The summed E-state index contributed by atoms with van der Waals surface area (Å²) in [5, 5.41) is 7.65. The molecule has 0 fully saturated rings. The van der Waals surface area contributed by atoms with Crippen molar-refractivity contribution in [1.82, 2.24) is 10.2 Å². The van der Waals surface area contributed by atoms with Crippen LogP contribution in [0.5, 0.6) is 11.6 Å². The number of halogens is 3. The summed E-state index contributed by atoms with van der Waals surface area (Å²) in [4.78, 5) is 0. The topological polar surface area (TPSA) is 35.0 Å². The van der Waals surface area contributed by atoms with Gasteiger partial charge in [-0.05, 0) is 34.1 Å². The Morgan fingerprint density at radius 3 is 2.71 bits per heavy atom. The average Bonchev–Trinajstić information content (AvgIpc) is 2.35. The summed E-state index contributed by atoms with van der Waals surface area (Å²) in [5.41, 5.74) is 0.650. The van der Waals surface area contributed by atoms with E-state index in [0.717, 1.165) is 0 Å². The number of alkyl halides is 1. The molecule has 0 aliphatic heterocycles. The van der Waals surface area contributed by atoms with Gasteiger partial charge in [-0.3, -0.25) is 0 Å². The molecule has 0 atom stereocenters. The Morgan fingerprint density at radius 1 is 1.24 bits per heavy atom. The van der Waals surface area contributed by atoms with Crippen molar-refractivity contribution in [2.24, 2.45) is 0 Å². The lowest BCUT2D eigenvalue weighted by molar-refractivity contribution is 0.447. The molecule has 1 aromatic carbocycles. The van der Waals surface area contributed by atoms with Crippen LogP contribution in [-0.4, -0.2) is 10.2 Å². The van der Waals surface area contributed by atoms with E-state index in [1.807, 2.05) is 0 Å². The molecule has 0 spiro atoms. The predicted molar refractivity (Wildman–Crippen MR) is 65.8 cm³/mol. The van der Waals surface area contributed by atoms with Crippen molar-refractivity contribution in [2.75, 3.05) is 0 Å². The molecule has 0 saturated carbocycles. The molecular weight excluding hydrogens is 310 g/mol. The fourth-order valence-electron chi connectivity index (χ4n) is 1.14. The number of ether oxygens (including phenoxy) is 1. The fraction of sp³-hybridized carbons (Fsp3) is 0.0909. The number of benzene rings is 1. The Hall–Kier alpha value is -1.20. The van der Waals surface area contributed by atoms with Crippen molar-refractivity contribution in [3.8, 4) is 11.6 Å². The van der Waals surface area contributed by atoms with Gasteiger partial charge in [0.25, 0.3) is 0 Å². The molecule has 6 heteroatoms. The number of hydrogen-bond acceptors (Lipinski definition) is 3. The van der Waals surface area contributed by atoms with Crippen LogP contribution in [0.3, 0.4) is 0 Å². The summed E-state index contributed by atoms with van der Waals surface area (Å²) in [7, 11) is 0. The van der Waals surface area contributed by atoms with Crippen LogP contribution in [0.25, 0.3) is 0 Å². The van der Waals surface area contributed by atoms with Gasteiger partial charge in [-0.25, -0.2) is 4.39 Å². The van der Waals surface area contributed by atoms with Crippen LogP contribution in [0.1, 0.15) is 5.69 Å². The first kappa shape index (κ1) is 12.3. The first-order valence-electron chi connectivity index (χ1n) is 4.70. The summed E-state index contributed by atoms with van der Waals surface area (Å²) < 4.78 is 19.0. The van der Waals surface area contributed by atoms with Crippen LogP contribution in [0.15, 0.2) is 34.8 Å². The molecule has 0 aliphatic carbocycles. The molecule has 0 amide bonds. The number of rotatable bonds is 3. The summed E-state index contributed by atoms with van der Waals surface area (Å²) in [6, 6.07) is 7.48. The Balaban J connectivity index is 2.22. The highest BCUT2D eigenvalue weighted by molar-refractivity contribution is 9.10. The quantitative estimate of drug-likeness (QED) is 0.805. The largest absolute Gasteiger partial charge is 0.436 e. The first-order chi connectivity index (χ1) is 8.19. The smallest absolute Gasteiger partial charge is 0.238 e. The van der Waals surface area contributed by atoms with E-state index in [-0.39, 0.29) is 17.6 Å². The number of hydrogen-bond donors (Lipinski definition) is 0. The third-order valence-electron chi connectivity index (χ3n) is 1.94. The van der Waals surface area contributed by atoms with Crippen LogP contribution >= 0.6 is 27.5 Å². The molecule has 0 bridgehead atoms. The van der Waals surface area contributed by atoms with Gasteiger partial charge in [0, 0.05) is 12.1 Å². The minimum Gasteiger partial charge on any atom is -0.436 e. The Morgan fingerprint density at radius 2 is 2.06 bits per heavy atom. The maximum Gasteiger partial charge on any atom is 0.238 e. The third-order valence-corrected chi connectivity index (χ3v) is 2.87. The minimum absolute atomic E-state index is 0.283. The van der Waals surface area contributed by atoms with Gasteiger partial charge in [-0.1, -0.05) is 0 Å². The van der Waals surface area contributed by atoms with Crippen molar-refractivity contribution < 1.29 is 9.13 Å². The predicted octanol–water partition coefficient (Wildman–Crippen LogP) is 3.91. The highest BCUT2D eigenvalue weighted by Gasteiger charge is 2.06. The van der Waals surface area contributed by atoms with Gasteiger partial charge in [-0.2, -0.15) is 5.10 Å². The van der Waals surface area contributed by atoms with Crippen molar-refractivity contribution in [2.45, 2.75) is 5.88 Å². The van der Waals surface area contributed by atoms with Crippen LogP contribution < -0.4 is 4.74 Å². The zero-order chi connectivity index (χ0) is 12.3. The first-order valence-corrected chi connectivity index (χ1v) is 6.03. The lowest BCUT2D eigenvalue weighted by atomic mass is 10.3. The molecule has 2 aromatic rings. The zero-order valence-electron chi connectivity index (χ0n) is 8.53. The van der Waals surface area contributed by atoms with Gasteiger partial charge in [0.2, 0.25) is 5.88 Å². The second kappa shape index (κ2) is 5.42. The van der Waals surface area contributed by atoms with E-state index in [9.17, 15) is 4.39 Å². The van der Waals surface area contributed by atoms with Gasteiger partial charge in [-0.15, -0.1) is 16.7 Å². The third kappa shape index (κ3) is 3.14. The molecule has 0 aliphatic rings. The fourth-order valence-corrected chi connectivity index (χ4v) is 1.61. The molecular formula is C11H7BrClFN2O. The molecule has 1 aromatic heterocycles. The molecule has 0 unspecified atom stereocenters. The molecule has 17 heavy (non-hydrogen) atoms. The summed E-state index contributed by atoms with van der Waals surface area (Å²) in [6.07, 6.45) is 0. The van der Waals surface area contributed by atoms with Gasteiger partial charge < -0.3 is 4.74 Å². The normalized spacial score (nSPS) is 10.3. The van der Waals surface area contributed by atoms with Gasteiger partial charge in [0.15, 0.2) is 0 Å². The molecule has 0 saturated heterocycles. The number of nitrogens with zero attached hydrogens (tertiary/aromatic N) is 2. The summed E-state index contributed by atoms with van der Waals surface area (Å²) in [6.45, 7) is 0. The van der Waals surface area contributed by atoms with E-state index in [1.165, 1.54) is 12.1 Å². The van der Waals surface area contributed by atoms with Crippen molar-refractivity contribution in [3.63, 3.8) is 0 Å². The SMILES string of the molecule is Fc1ccc(Br)c(Oc2ccc(CCl)nn2)c1. The maximum atomic E-state index is 13.0. The standard InChI is InChI=1S/C11H7BrClFN2O/c12-9-3-1-7(14)5-10(9)17-11-4-2-8(6-13)15-16-11/h1-5H,6H2. The van der Waals surface area contributed by atoms with Crippen LogP contribution in [-0.2, 0) is 5.88 Å². The number of aromatic nitrogens is 2. The molecule has 0 N–H and O–H groups in total. The molecule has 3 nitrogen and oxygen atoms in total. The van der Waals surface area contributed by atoms with E-state index in [4.69, 9.17) is 16.3 Å². The summed E-state index contributed by atoms with van der Waals surface area (Å²) >= 11 is 8.84. The average molecular weight is 318 g/mol. The lowest BCUT2D eigenvalue weighted by Gasteiger charge is -2.06. The van der Waals surface area contributed by atoms with Gasteiger partial charge in [0.1, 0.15) is 11.6 Å². The van der Waals surface area contributed by atoms with Crippen molar-refractivity contribution in [1.29, 1.82) is 0 Å². The van der Waals surface area contributed by atoms with Gasteiger partial charge in [0.05, 0.1) is 16.0 Å². The lowest BCUT2D eigenvalue weighted by Crippen LogP contribution is -1.94. The van der Waals surface area contributed by atoms with E-state index >= 15 is 0 Å². The minimum atomic E-state index is -0.381. The van der Waals surface area contributed by atoms with E-state index in [1.54, 1.807) is 18.2 Å². The monoisotopic (exact) mass is 316 g/mol. The second-order valence-electron chi connectivity index (χ2n) is 3.17. The maximum absolute atomic E-state index is 13.0. The van der Waals surface area contributed by atoms with Crippen molar-refractivity contribution >= 4 is 27.5 Å². The van der Waals surface area contributed by atoms with E-state index < -0.39 is 0 Å².